The summed E-state index contributed by atoms with van der Waals surface area (Å²) < 4.78 is 5.23. The number of fused-ring (bicyclic) bond motifs is 1. The average Bonchev–Trinajstić information content (AvgIpc) is 2.84. The van der Waals surface area contributed by atoms with Crippen LogP contribution < -0.4 is 4.74 Å². The van der Waals surface area contributed by atoms with Crippen LogP contribution >= 0.6 is 0 Å². The molecule has 0 aromatic heterocycles. The van der Waals surface area contributed by atoms with Crippen molar-refractivity contribution in [3.8, 4) is 5.75 Å². The molecule has 0 saturated carbocycles. The molecule has 2 aromatic carbocycles. The molecule has 104 valence electrons. The largest absolute Gasteiger partial charge is 0.497 e. The highest BCUT2D eigenvalue weighted by Crippen LogP contribution is 2.39. The van der Waals surface area contributed by atoms with E-state index in [9.17, 15) is 0 Å². The van der Waals surface area contributed by atoms with Gasteiger partial charge >= 0.3 is 0 Å². The predicted molar refractivity (Wildman–Crippen MR) is 81.8 cm³/mol. The summed E-state index contributed by atoms with van der Waals surface area (Å²) in [5.41, 5.74) is 4.26. The molecule has 0 bridgehead atoms. The molecule has 0 amide bonds. The van der Waals surface area contributed by atoms with Gasteiger partial charge in [-0.05, 0) is 42.7 Å². The van der Waals surface area contributed by atoms with E-state index in [2.05, 4.69) is 55.1 Å². The maximum absolute atomic E-state index is 5.23. The van der Waals surface area contributed by atoms with Gasteiger partial charge in [0.2, 0.25) is 0 Å². The molecule has 0 radical (unpaired) electrons. The molecule has 0 N–H and O–H groups in total. The summed E-state index contributed by atoms with van der Waals surface area (Å²) in [6.45, 7) is 5.61. The molecule has 1 aliphatic heterocycles. The van der Waals surface area contributed by atoms with E-state index in [-0.39, 0.29) is 0 Å². The van der Waals surface area contributed by atoms with Gasteiger partial charge in [-0.2, -0.15) is 0 Å². The molecule has 2 atom stereocenters. The van der Waals surface area contributed by atoms with Crippen molar-refractivity contribution in [1.29, 1.82) is 0 Å². The minimum atomic E-state index is 0.406. The first kappa shape index (κ1) is 13.2. The Morgan fingerprint density at radius 2 is 1.80 bits per heavy atom. The lowest BCUT2D eigenvalue weighted by Gasteiger charge is -2.29. The van der Waals surface area contributed by atoms with Crippen LogP contribution in [-0.4, -0.2) is 12.0 Å². The highest BCUT2D eigenvalue weighted by atomic mass is 16.5. The van der Waals surface area contributed by atoms with Gasteiger partial charge in [0.05, 0.1) is 7.11 Å². The third kappa shape index (κ3) is 2.20. The maximum Gasteiger partial charge on any atom is 0.118 e. The van der Waals surface area contributed by atoms with Crippen LogP contribution in [0.3, 0.4) is 0 Å². The molecule has 2 nitrogen and oxygen atoms in total. The van der Waals surface area contributed by atoms with Gasteiger partial charge in [0, 0.05) is 18.6 Å². The normalized spacial score (nSPS) is 19.6. The Kier molecular flexibility index (Phi) is 3.49. The highest BCUT2D eigenvalue weighted by Gasteiger charge is 2.30. The zero-order chi connectivity index (χ0) is 14.1. The van der Waals surface area contributed by atoms with Gasteiger partial charge in [-0.15, -0.1) is 0 Å². The number of rotatable bonds is 3. The summed E-state index contributed by atoms with van der Waals surface area (Å²) in [5.74, 6) is 0.915. The van der Waals surface area contributed by atoms with E-state index in [1.807, 2.05) is 12.1 Å². The molecule has 0 fully saturated rings. The third-order valence-corrected chi connectivity index (χ3v) is 4.45. The van der Waals surface area contributed by atoms with Crippen molar-refractivity contribution in [2.45, 2.75) is 32.5 Å². The van der Waals surface area contributed by atoms with Crippen LogP contribution in [-0.2, 0) is 6.54 Å². The highest BCUT2D eigenvalue weighted by molar-refractivity contribution is 5.35. The SMILES string of the molecule is COc1ccc(C(C)N2Cc3ccccc3C2C)cc1. The van der Waals surface area contributed by atoms with Crippen LogP contribution in [0.1, 0.15) is 42.6 Å². The van der Waals surface area contributed by atoms with Gasteiger partial charge in [0.1, 0.15) is 5.75 Å². The number of ether oxygens (including phenoxy) is 1. The summed E-state index contributed by atoms with van der Waals surface area (Å²) in [7, 11) is 1.71. The van der Waals surface area contributed by atoms with Gasteiger partial charge in [-0.25, -0.2) is 0 Å². The van der Waals surface area contributed by atoms with Crippen LogP contribution in [0.5, 0.6) is 5.75 Å². The van der Waals surface area contributed by atoms with Gasteiger partial charge in [-0.3, -0.25) is 4.90 Å². The standard InChI is InChI=1S/C18H21NO/c1-13(15-8-10-17(20-3)11-9-15)19-12-16-6-4-5-7-18(16)14(19)2/h4-11,13-14H,12H2,1-3H3. The van der Waals surface area contributed by atoms with Crippen molar-refractivity contribution in [3.63, 3.8) is 0 Å². The Morgan fingerprint density at radius 1 is 1.10 bits per heavy atom. The maximum atomic E-state index is 5.23. The van der Waals surface area contributed by atoms with Crippen molar-refractivity contribution in [3.05, 3.63) is 65.2 Å². The second-order valence-electron chi connectivity index (χ2n) is 5.50. The van der Waals surface area contributed by atoms with E-state index >= 15 is 0 Å². The number of nitrogens with zero attached hydrogens (tertiary/aromatic N) is 1. The van der Waals surface area contributed by atoms with Gasteiger partial charge in [0.25, 0.3) is 0 Å². The van der Waals surface area contributed by atoms with E-state index in [0.717, 1.165) is 12.3 Å². The van der Waals surface area contributed by atoms with E-state index < -0.39 is 0 Å². The average molecular weight is 267 g/mol. The Morgan fingerprint density at radius 3 is 2.45 bits per heavy atom. The number of benzene rings is 2. The van der Waals surface area contributed by atoms with Crippen molar-refractivity contribution in [2.24, 2.45) is 0 Å². The molecule has 2 unspecified atom stereocenters. The van der Waals surface area contributed by atoms with Gasteiger partial charge in [-0.1, -0.05) is 36.4 Å². The second kappa shape index (κ2) is 5.29. The molecule has 0 aliphatic carbocycles. The van der Waals surface area contributed by atoms with E-state index in [0.29, 0.717) is 12.1 Å². The number of hydrogen-bond donors (Lipinski definition) is 0. The monoisotopic (exact) mass is 267 g/mol. The van der Waals surface area contributed by atoms with Crippen LogP contribution in [0, 0.1) is 0 Å². The molecule has 20 heavy (non-hydrogen) atoms. The Bertz CT molecular complexity index is 591. The fourth-order valence-corrected chi connectivity index (χ4v) is 3.14. The third-order valence-electron chi connectivity index (χ3n) is 4.45. The predicted octanol–water partition coefficient (Wildman–Crippen LogP) is 4.33. The first-order valence-electron chi connectivity index (χ1n) is 7.18. The first-order valence-corrected chi connectivity index (χ1v) is 7.18. The molecule has 1 heterocycles. The van der Waals surface area contributed by atoms with Gasteiger partial charge in [0.15, 0.2) is 0 Å². The summed E-state index contributed by atoms with van der Waals surface area (Å²) >= 11 is 0. The zero-order valence-corrected chi connectivity index (χ0v) is 12.3. The minimum absolute atomic E-state index is 0.406. The van der Waals surface area contributed by atoms with E-state index in [4.69, 9.17) is 4.74 Å². The van der Waals surface area contributed by atoms with Crippen LogP contribution in [0.4, 0.5) is 0 Å². The quantitative estimate of drug-likeness (QED) is 0.820. The van der Waals surface area contributed by atoms with Crippen molar-refractivity contribution in [1.82, 2.24) is 4.90 Å². The minimum Gasteiger partial charge on any atom is -0.497 e. The van der Waals surface area contributed by atoms with E-state index in [1.165, 1.54) is 16.7 Å². The van der Waals surface area contributed by atoms with Crippen LogP contribution in [0.15, 0.2) is 48.5 Å². The van der Waals surface area contributed by atoms with Crippen LogP contribution in [0.25, 0.3) is 0 Å². The topological polar surface area (TPSA) is 12.5 Å². The summed E-state index contributed by atoms with van der Waals surface area (Å²) in [6, 6.07) is 18.1. The van der Waals surface area contributed by atoms with Crippen molar-refractivity contribution >= 4 is 0 Å². The summed E-state index contributed by atoms with van der Waals surface area (Å²) in [6.07, 6.45) is 0. The zero-order valence-electron chi connectivity index (χ0n) is 12.3. The Hall–Kier alpha value is -1.80. The molecule has 0 spiro atoms. The molecular weight excluding hydrogens is 246 g/mol. The molecule has 0 saturated heterocycles. The fourth-order valence-electron chi connectivity index (χ4n) is 3.14. The fraction of sp³-hybridized carbons (Fsp3) is 0.333. The first-order chi connectivity index (χ1) is 9.70. The van der Waals surface area contributed by atoms with Crippen molar-refractivity contribution in [2.75, 3.05) is 7.11 Å². The lowest BCUT2D eigenvalue weighted by atomic mass is 10.0. The number of hydrogen-bond acceptors (Lipinski definition) is 2. The Labute approximate surface area is 121 Å². The van der Waals surface area contributed by atoms with E-state index in [1.54, 1.807) is 7.11 Å². The molecule has 1 aliphatic rings. The molecule has 2 heteroatoms. The second-order valence-corrected chi connectivity index (χ2v) is 5.50. The molecular formula is C18H21NO. The smallest absolute Gasteiger partial charge is 0.118 e. The summed E-state index contributed by atoms with van der Waals surface area (Å²) in [4.78, 5) is 2.55. The van der Waals surface area contributed by atoms with Gasteiger partial charge < -0.3 is 4.74 Å². The molecule has 2 aromatic rings. The summed E-state index contributed by atoms with van der Waals surface area (Å²) in [5, 5.41) is 0. The lowest BCUT2D eigenvalue weighted by Crippen LogP contribution is -2.23. The lowest BCUT2D eigenvalue weighted by molar-refractivity contribution is 0.168. The van der Waals surface area contributed by atoms with Crippen LogP contribution in [0.2, 0.25) is 0 Å². The Balaban J connectivity index is 1.83. The van der Waals surface area contributed by atoms with Crippen molar-refractivity contribution < 1.29 is 4.74 Å². The number of methoxy groups -OCH3 is 1. The molecule has 3 rings (SSSR count).